The molecule has 3 fully saturated rings. The Kier molecular flexibility index (Phi) is 3.06. The highest BCUT2D eigenvalue weighted by atomic mass is 16.2. The van der Waals surface area contributed by atoms with Crippen LogP contribution in [0.5, 0.6) is 0 Å². The van der Waals surface area contributed by atoms with Crippen molar-refractivity contribution in [2.24, 2.45) is 17.8 Å². The monoisotopic (exact) mass is 264 g/mol. The second-order valence-electron chi connectivity index (χ2n) is 6.73. The van der Waals surface area contributed by atoms with Gasteiger partial charge in [-0.2, -0.15) is 0 Å². The van der Waals surface area contributed by atoms with Crippen molar-refractivity contribution in [1.29, 1.82) is 0 Å². The van der Waals surface area contributed by atoms with Crippen molar-refractivity contribution in [3.05, 3.63) is 0 Å². The molecule has 0 aromatic heterocycles. The first-order valence-corrected chi connectivity index (χ1v) is 7.67. The molecule has 106 valence electrons. The van der Waals surface area contributed by atoms with Gasteiger partial charge in [0.25, 0.3) is 0 Å². The van der Waals surface area contributed by atoms with E-state index in [2.05, 4.69) is 12.2 Å². The molecule has 1 saturated heterocycles. The van der Waals surface area contributed by atoms with Gasteiger partial charge in [0.05, 0.1) is 0 Å². The summed E-state index contributed by atoms with van der Waals surface area (Å²) in [6.07, 6.45) is 4.35. The van der Waals surface area contributed by atoms with Gasteiger partial charge in [0.2, 0.25) is 11.8 Å². The summed E-state index contributed by atoms with van der Waals surface area (Å²) in [7, 11) is 0. The number of hydrogen-bond acceptors (Lipinski definition) is 2. The summed E-state index contributed by atoms with van der Waals surface area (Å²) in [5.74, 6) is 1.43. The molecule has 4 atom stereocenters. The van der Waals surface area contributed by atoms with Crippen molar-refractivity contribution in [2.45, 2.75) is 64.6 Å². The van der Waals surface area contributed by atoms with E-state index in [-0.39, 0.29) is 29.8 Å². The van der Waals surface area contributed by atoms with E-state index in [1.807, 2.05) is 18.7 Å². The number of carbonyl (C=O) groups is 2. The first-order chi connectivity index (χ1) is 9.04. The molecule has 0 spiro atoms. The maximum Gasteiger partial charge on any atom is 0.246 e. The Morgan fingerprint density at radius 3 is 2.47 bits per heavy atom. The quantitative estimate of drug-likeness (QED) is 0.837. The highest BCUT2D eigenvalue weighted by Crippen LogP contribution is 2.43. The minimum atomic E-state index is -0.260. The molecule has 0 bridgehead atoms. The van der Waals surface area contributed by atoms with E-state index in [1.54, 1.807) is 0 Å². The topological polar surface area (TPSA) is 49.4 Å². The standard InChI is InChI=1S/C15H24N2O2/c1-4-9-7-11(9)17-13(8(2)3)14(18)16-12(15(17)19)10-5-6-10/h8-13H,4-7H2,1-3H3,(H,16,18). The van der Waals surface area contributed by atoms with Crippen molar-refractivity contribution in [2.75, 3.05) is 0 Å². The average Bonchev–Trinajstić information content (AvgIpc) is 3.24. The molecule has 1 heterocycles. The number of hydrogen-bond donors (Lipinski definition) is 1. The fourth-order valence-corrected chi connectivity index (χ4v) is 3.48. The fraction of sp³-hybridized carbons (Fsp3) is 0.867. The van der Waals surface area contributed by atoms with Crippen LogP contribution in [0.25, 0.3) is 0 Å². The second-order valence-corrected chi connectivity index (χ2v) is 6.73. The maximum absolute atomic E-state index is 12.7. The smallest absolute Gasteiger partial charge is 0.246 e. The molecule has 2 amide bonds. The number of nitrogens with one attached hydrogen (secondary N) is 1. The van der Waals surface area contributed by atoms with E-state index < -0.39 is 0 Å². The number of amides is 2. The van der Waals surface area contributed by atoms with Gasteiger partial charge in [-0.1, -0.05) is 27.2 Å². The van der Waals surface area contributed by atoms with Crippen LogP contribution in [0.2, 0.25) is 0 Å². The minimum absolute atomic E-state index is 0.0632. The number of rotatable bonds is 4. The summed E-state index contributed by atoms with van der Waals surface area (Å²) in [4.78, 5) is 27.0. The van der Waals surface area contributed by atoms with Crippen LogP contribution in [-0.4, -0.2) is 34.8 Å². The molecule has 4 heteroatoms. The summed E-state index contributed by atoms with van der Waals surface area (Å²) >= 11 is 0. The van der Waals surface area contributed by atoms with Gasteiger partial charge in [0.15, 0.2) is 0 Å². The highest BCUT2D eigenvalue weighted by molar-refractivity contribution is 5.97. The lowest BCUT2D eigenvalue weighted by atomic mass is 9.95. The summed E-state index contributed by atoms with van der Waals surface area (Å²) in [5, 5.41) is 2.97. The summed E-state index contributed by atoms with van der Waals surface area (Å²) in [6, 6.07) is -0.179. The van der Waals surface area contributed by atoms with Crippen LogP contribution in [0, 0.1) is 17.8 Å². The number of carbonyl (C=O) groups excluding carboxylic acids is 2. The third-order valence-corrected chi connectivity index (χ3v) is 4.88. The zero-order valence-corrected chi connectivity index (χ0v) is 12.1. The number of nitrogens with zero attached hydrogens (tertiary/aromatic N) is 1. The Morgan fingerprint density at radius 2 is 2.00 bits per heavy atom. The fourth-order valence-electron chi connectivity index (χ4n) is 3.48. The lowest BCUT2D eigenvalue weighted by molar-refractivity contribution is -0.152. The molecule has 19 heavy (non-hydrogen) atoms. The van der Waals surface area contributed by atoms with Crippen LogP contribution >= 0.6 is 0 Å². The third-order valence-electron chi connectivity index (χ3n) is 4.88. The molecule has 0 radical (unpaired) electrons. The van der Waals surface area contributed by atoms with Gasteiger partial charge in [0.1, 0.15) is 12.1 Å². The minimum Gasteiger partial charge on any atom is -0.342 e. The predicted octanol–water partition coefficient (Wildman–Crippen LogP) is 1.55. The Labute approximate surface area is 114 Å². The molecule has 4 unspecified atom stereocenters. The van der Waals surface area contributed by atoms with E-state index in [9.17, 15) is 9.59 Å². The molecule has 3 aliphatic rings. The molecular weight excluding hydrogens is 240 g/mol. The van der Waals surface area contributed by atoms with Gasteiger partial charge in [-0.05, 0) is 37.0 Å². The van der Waals surface area contributed by atoms with E-state index in [4.69, 9.17) is 0 Å². The zero-order chi connectivity index (χ0) is 13.7. The van der Waals surface area contributed by atoms with Gasteiger partial charge >= 0.3 is 0 Å². The molecule has 4 nitrogen and oxygen atoms in total. The van der Waals surface area contributed by atoms with Gasteiger partial charge in [-0.3, -0.25) is 9.59 Å². The first-order valence-electron chi connectivity index (χ1n) is 7.67. The molecule has 0 aromatic carbocycles. The van der Waals surface area contributed by atoms with Crippen LogP contribution in [0.1, 0.15) is 46.5 Å². The van der Waals surface area contributed by atoms with Crippen molar-refractivity contribution in [1.82, 2.24) is 10.2 Å². The molecule has 1 aliphatic heterocycles. The highest BCUT2D eigenvalue weighted by Gasteiger charge is 2.54. The van der Waals surface area contributed by atoms with Crippen molar-refractivity contribution in [3.8, 4) is 0 Å². The Balaban J connectivity index is 1.84. The Morgan fingerprint density at radius 1 is 1.32 bits per heavy atom. The average molecular weight is 264 g/mol. The molecule has 2 saturated carbocycles. The summed E-state index contributed by atoms with van der Waals surface area (Å²) < 4.78 is 0. The molecule has 2 aliphatic carbocycles. The van der Waals surface area contributed by atoms with Crippen LogP contribution in [0.15, 0.2) is 0 Å². The van der Waals surface area contributed by atoms with E-state index in [1.165, 1.54) is 0 Å². The first kappa shape index (κ1) is 12.9. The van der Waals surface area contributed by atoms with Gasteiger partial charge in [0, 0.05) is 6.04 Å². The largest absolute Gasteiger partial charge is 0.342 e. The Bertz CT molecular complexity index is 403. The Hall–Kier alpha value is -1.06. The van der Waals surface area contributed by atoms with Gasteiger partial charge in [-0.15, -0.1) is 0 Å². The van der Waals surface area contributed by atoms with Crippen LogP contribution in [0.4, 0.5) is 0 Å². The second kappa shape index (κ2) is 4.50. The van der Waals surface area contributed by atoms with Crippen molar-refractivity contribution < 1.29 is 9.59 Å². The summed E-state index contributed by atoms with van der Waals surface area (Å²) in [5.41, 5.74) is 0. The van der Waals surface area contributed by atoms with E-state index >= 15 is 0 Å². The van der Waals surface area contributed by atoms with Gasteiger partial charge in [-0.25, -0.2) is 0 Å². The zero-order valence-electron chi connectivity index (χ0n) is 12.1. The van der Waals surface area contributed by atoms with Crippen LogP contribution in [0.3, 0.4) is 0 Å². The number of piperazine rings is 1. The van der Waals surface area contributed by atoms with Crippen molar-refractivity contribution >= 4 is 11.8 Å². The lowest BCUT2D eigenvalue weighted by Gasteiger charge is -2.41. The van der Waals surface area contributed by atoms with Crippen LogP contribution < -0.4 is 5.32 Å². The predicted molar refractivity (Wildman–Crippen MR) is 72.3 cm³/mol. The normalized spacial score (nSPS) is 38.6. The van der Waals surface area contributed by atoms with Crippen molar-refractivity contribution in [3.63, 3.8) is 0 Å². The lowest BCUT2D eigenvalue weighted by Crippen LogP contribution is -2.66. The molecule has 1 N–H and O–H groups in total. The van der Waals surface area contributed by atoms with Gasteiger partial charge < -0.3 is 10.2 Å². The molecular formula is C15H24N2O2. The SMILES string of the molecule is CCC1CC1N1C(=O)C(C2CC2)NC(=O)C1C(C)C. The van der Waals surface area contributed by atoms with E-state index in [0.717, 1.165) is 25.7 Å². The molecule has 0 aromatic rings. The molecule has 3 rings (SSSR count). The maximum atomic E-state index is 12.7. The summed E-state index contributed by atoms with van der Waals surface area (Å²) in [6.45, 7) is 6.23. The van der Waals surface area contributed by atoms with E-state index in [0.29, 0.717) is 17.9 Å². The third kappa shape index (κ3) is 2.15. The van der Waals surface area contributed by atoms with Crippen LogP contribution in [-0.2, 0) is 9.59 Å².